The van der Waals surface area contributed by atoms with Gasteiger partial charge < -0.3 is 10.2 Å². The van der Waals surface area contributed by atoms with Crippen molar-refractivity contribution in [3.63, 3.8) is 0 Å². The van der Waals surface area contributed by atoms with Crippen molar-refractivity contribution in [2.45, 2.75) is 45.1 Å². The van der Waals surface area contributed by atoms with Crippen LogP contribution < -0.4 is 5.32 Å². The Morgan fingerprint density at radius 3 is 2.61 bits per heavy atom. The smallest absolute Gasteiger partial charge is 0.0223 e. The Hall–Kier alpha value is -0.120. The molecule has 3 heteroatoms. The molecular formula is C15H31N3. The molecule has 0 bridgehead atoms. The summed E-state index contributed by atoms with van der Waals surface area (Å²) in [5, 5.41) is 3.52. The summed E-state index contributed by atoms with van der Waals surface area (Å²) in [5.74, 6) is 0. The molecule has 0 aromatic rings. The summed E-state index contributed by atoms with van der Waals surface area (Å²) in [4.78, 5) is 5.14. The Labute approximate surface area is 113 Å². The first-order valence-corrected chi connectivity index (χ1v) is 7.75. The van der Waals surface area contributed by atoms with Crippen molar-refractivity contribution in [2.75, 3.05) is 46.8 Å². The largest absolute Gasteiger partial charge is 0.317 e. The minimum atomic E-state index is 0.597. The zero-order valence-electron chi connectivity index (χ0n) is 12.5. The predicted molar refractivity (Wildman–Crippen MR) is 78.0 cm³/mol. The average Bonchev–Trinajstić information content (AvgIpc) is 2.77. The van der Waals surface area contributed by atoms with Gasteiger partial charge in [0.1, 0.15) is 0 Å². The highest BCUT2D eigenvalue weighted by Crippen LogP contribution is 2.35. The van der Waals surface area contributed by atoms with E-state index in [1.54, 1.807) is 0 Å². The molecule has 0 amide bonds. The molecule has 3 nitrogen and oxygen atoms in total. The third kappa shape index (κ3) is 3.46. The molecular weight excluding hydrogens is 222 g/mol. The minimum absolute atomic E-state index is 0.597. The van der Waals surface area contributed by atoms with Crippen LogP contribution in [0.4, 0.5) is 0 Å². The monoisotopic (exact) mass is 253 g/mol. The maximum absolute atomic E-state index is 3.52. The summed E-state index contributed by atoms with van der Waals surface area (Å²) in [5.41, 5.74) is 0.597. The van der Waals surface area contributed by atoms with E-state index in [1.807, 2.05) is 0 Å². The average molecular weight is 253 g/mol. The molecule has 1 unspecified atom stereocenters. The van der Waals surface area contributed by atoms with E-state index in [2.05, 4.69) is 36.1 Å². The number of hydrogen-bond acceptors (Lipinski definition) is 3. The van der Waals surface area contributed by atoms with E-state index in [0.717, 1.165) is 6.04 Å². The van der Waals surface area contributed by atoms with Gasteiger partial charge in [-0.25, -0.2) is 0 Å². The lowest BCUT2D eigenvalue weighted by Gasteiger charge is -2.42. The van der Waals surface area contributed by atoms with E-state index in [0.29, 0.717) is 5.41 Å². The zero-order valence-corrected chi connectivity index (χ0v) is 12.5. The Kier molecular flexibility index (Phi) is 5.05. The first-order chi connectivity index (χ1) is 8.65. The topological polar surface area (TPSA) is 18.5 Å². The van der Waals surface area contributed by atoms with Gasteiger partial charge in [0.2, 0.25) is 0 Å². The molecule has 1 atom stereocenters. The number of rotatable bonds is 5. The SMILES string of the molecule is CCC1(CN2CCCC2CN(C)C)CCNCC1. The first kappa shape index (κ1) is 14.3. The summed E-state index contributed by atoms with van der Waals surface area (Å²) < 4.78 is 0. The van der Waals surface area contributed by atoms with Crippen LogP contribution in [-0.4, -0.2) is 62.7 Å². The van der Waals surface area contributed by atoms with E-state index < -0.39 is 0 Å². The van der Waals surface area contributed by atoms with Crippen molar-refractivity contribution in [1.82, 2.24) is 15.1 Å². The Balaban J connectivity index is 1.93. The summed E-state index contributed by atoms with van der Waals surface area (Å²) in [6.45, 7) is 8.73. The Morgan fingerprint density at radius 2 is 2.00 bits per heavy atom. The van der Waals surface area contributed by atoms with Gasteiger partial charge in [-0.15, -0.1) is 0 Å². The van der Waals surface area contributed by atoms with Crippen molar-refractivity contribution in [1.29, 1.82) is 0 Å². The van der Waals surface area contributed by atoms with Crippen molar-refractivity contribution in [2.24, 2.45) is 5.41 Å². The number of likely N-dealkylation sites (tertiary alicyclic amines) is 1. The molecule has 2 aliphatic rings. The fraction of sp³-hybridized carbons (Fsp3) is 1.00. The van der Waals surface area contributed by atoms with Gasteiger partial charge in [0.05, 0.1) is 0 Å². The van der Waals surface area contributed by atoms with Crippen LogP contribution in [0.5, 0.6) is 0 Å². The Morgan fingerprint density at radius 1 is 1.28 bits per heavy atom. The van der Waals surface area contributed by atoms with E-state index >= 15 is 0 Å². The highest BCUT2D eigenvalue weighted by molar-refractivity contribution is 4.91. The molecule has 106 valence electrons. The van der Waals surface area contributed by atoms with Crippen LogP contribution in [0.3, 0.4) is 0 Å². The van der Waals surface area contributed by atoms with Crippen LogP contribution in [0, 0.1) is 5.41 Å². The summed E-state index contributed by atoms with van der Waals surface area (Å²) in [7, 11) is 4.41. The van der Waals surface area contributed by atoms with Crippen molar-refractivity contribution >= 4 is 0 Å². The summed E-state index contributed by atoms with van der Waals surface area (Å²) in [6, 6.07) is 0.804. The number of hydrogen-bond donors (Lipinski definition) is 1. The van der Waals surface area contributed by atoms with Crippen molar-refractivity contribution in [3.8, 4) is 0 Å². The fourth-order valence-electron chi connectivity index (χ4n) is 3.74. The zero-order chi connectivity index (χ0) is 13.0. The van der Waals surface area contributed by atoms with E-state index in [-0.39, 0.29) is 0 Å². The molecule has 2 heterocycles. The van der Waals surface area contributed by atoms with E-state index in [1.165, 1.54) is 64.8 Å². The molecule has 0 radical (unpaired) electrons. The number of nitrogens with one attached hydrogen (secondary N) is 1. The predicted octanol–water partition coefficient (Wildman–Crippen LogP) is 1.79. The second kappa shape index (κ2) is 6.36. The van der Waals surface area contributed by atoms with Crippen LogP contribution in [0.1, 0.15) is 39.0 Å². The fourth-order valence-corrected chi connectivity index (χ4v) is 3.74. The third-order valence-corrected chi connectivity index (χ3v) is 5.03. The maximum atomic E-state index is 3.52. The molecule has 0 spiro atoms. The first-order valence-electron chi connectivity index (χ1n) is 7.75. The van der Waals surface area contributed by atoms with Crippen molar-refractivity contribution < 1.29 is 0 Å². The quantitative estimate of drug-likeness (QED) is 0.806. The Bertz CT molecular complexity index is 246. The van der Waals surface area contributed by atoms with Gasteiger partial charge in [-0.3, -0.25) is 4.90 Å². The van der Waals surface area contributed by atoms with Gasteiger partial charge in [-0.1, -0.05) is 6.92 Å². The summed E-state index contributed by atoms with van der Waals surface area (Å²) >= 11 is 0. The van der Waals surface area contributed by atoms with Gasteiger partial charge in [-0.2, -0.15) is 0 Å². The summed E-state index contributed by atoms with van der Waals surface area (Å²) in [6.07, 6.45) is 6.88. The molecule has 0 aromatic heterocycles. The van der Waals surface area contributed by atoms with E-state index in [4.69, 9.17) is 0 Å². The molecule has 2 aliphatic heterocycles. The van der Waals surface area contributed by atoms with Crippen LogP contribution in [0.2, 0.25) is 0 Å². The number of likely N-dealkylation sites (N-methyl/N-ethyl adjacent to an activating group) is 1. The van der Waals surface area contributed by atoms with Gasteiger partial charge in [0, 0.05) is 19.1 Å². The van der Waals surface area contributed by atoms with Gasteiger partial charge in [0.25, 0.3) is 0 Å². The maximum Gasteiger partial charge on any atom is 0.0223 e. The van der Waals surface area contributed by atoms with Crippen LogP contribution in [0.25, 0.3) is 0 Å². The highest BCUT2D eigenvalue weighted by Gasteiger charge is 2.35. The van der Waals surface area contributed by atoms with Gasteiger partial charge in [-0.05, 0) is 71.2 Å². The van der Waals surface area contributed by atoms with Crippen LogP contribution in [-0.2, 0) is 0 Å². The molecule has 1 N–H and O–H groups in total. The highest BCUT2D eigenvalue weighted by atomic mass is 15.2. The standard InChI is InChI=1S/C15H31N3/c1-4-15(7-9-16-10-8-15)13-18-11-5-6-14(18)12-17(2)3/h14,16H,4-13H2,1-3H3. The number of nitrogens with zero attached hydrogens (tertiary/aromatic N) is 2. The second-order valence-corrected chi connectivity index (χ2v) is 6.63. The molecule has 2 saturated heterocycles. The molecule has 18 heavy (non-hydrogen) atoms. The van der Waals surface area contributed by atoms with Crippen LogP contribution in [0.15, 0.2) is 0 Å². The molecule has 2 fully saturated rings. The minimum Gasteiger partial charge on any atom is -0.317 e. The second-order valence-electron chi connectivity index (χ2n) is 6.63. The van der Waals surface area contributed by atoms with Crippen molar-refractivity contribution in [3.05, 3.63) is 0 Å². The lowest BCUT2D eigenvalue weighted by molar-refractivity contribution is 0.0899. The molecule has 0 aliphatic carbocycles. The molecule has 0 aromatic carbocycles. The molecule has 0 saturated carbocycles. The van der Waals surface area contributed by atoms with Gasteiger partial charge >= 0.3 is 0 Å². The lowest BCUT2D eigenvalue weighted by Crippen LogP contribution is -2.47. The number of piperidine rings is 1. The van der Waals surface area contributed by atoms with E-state index in [9.17, 15) is 0 Å². The third-order valence-electron chi connectivity index (χ3n) is 5.03. The van der Waals surface area contributed by atoms with Crippen LogP contribution >= 0.6 is 0 Å². The molecule has 2 rings (SSSR count). The van der Waals surface area contributed by atoms with Gasteiger partial charge in [0.15, 0.2) is 0 Å². The lowest BCUT2D eigenvalue weighted by atomic mass is 9.76. The normalized spacial score (nSPS) is 29.0.